The lowest BCUT2D eigenvalue weighted by Crippen LogP contribution is -2.30. The van der Waals surface area contributed by atoms with Crippen molar-refractivity contribution in [2.45, 2.75) is 39.3 Å². The lowest BCUT2D eigenvalue weighted by atomic mass is 10.0. The number of nitrogens with one attached hydrogen (secondary N) is 1. The number of rotatable bonds is 3. The number of anilines is 1. The molecule has 1 aliphatic rings. The Morgan fingerprint density at radius 1 is 1.44 bits per heavy atom. The monoisotopic (exact) mass is 218 g/mol. The summed E-state index contributed by atoms with van der Waals surface area (Å²) in [7, 11) is 2.01. The molecule has 1 unspecified atom stereocenters. The van der Waals surface area contributed by atoms with E-state index >= 15 is 0 Å². The van der Waals surface area contributed by atoms with E-state index < -0.39 is 0 Å². The zero-order chi connectivity index (χ0) is 11.7. The number of benzene rings is 1. The molecule has 2 nitrogen and oxygen atoms in total. The first-order valence-corrected chi connectivity index (χ1v) is 6.18. The van der Waals surface area contributed by atoms with Crippen LogP contribution < -0.4 is 10.2 Å². The maximum absolute atomic E-state index is 3.26. The summed E-state index contributed by atoms with van der Waals surface area (Å²) in [6.07, 6.45) is 0. The van der Waals surface area contributed by atoms with Gasteiger partial charge < -0.3 is 10.2 Å². The van der Waals surface area contributed by atoms with Crippen molar-refractivity contribution in [3.05, 3.63) is 29.3 Å². The third-order valence-corrected chi connectivity index (χ3v) is 3.43. The van der Waals surface area contributed by atoms with Gasteiger partial charge in [-0.3, -0.25) is 0 Å². The molecule has 1 heterocycles. The average Bonchev–Trinajstić information content (AvgIpc) is 2.58. The number of hydrogen-bond donors (Lipinski definition) is 1. The van der Waals surface area contributed by atoms with Gasteiger partial charge in [-0.05, 0) is 32.0 Å². The van der Waals surface area contributed by atoms with E-state index in [1.54, 1.807) is 0 Å². The SMILES string of the molecule is CNCc1cccc2c1N(C(C)C)CC2C. The van der Waals surface area contributed by atoms with Gasteiger partial charge in [-0.2, -0.15) is 0 Å². The zero-order valence-electron chi connectivity index (χ0n) is 10.7. The molecule has 1 aromatic rings. The molecule has 0 radical (unpaired) electrons. The van der Waals surface area contributed by atoms with E-state index in [1.807, 2.05) is 7.05 Å². The zero-order valence-corrected chi connectivity index (χ0v) is 10.7. The summed E-state index contributed by atoms with van der Waals surface area (Å²) >= 11 is 0. The average molecular weight is 218 g/mol. The van der Waals surface area contributed by atoms with E-state index in [4.69, 9.17) is 0 Å². The summed E-state index contributed by atoms with van der Waals surface area (Å²) in [5, 5.41) is 3.26. The lowest BCUT2D eigenvalue weighted by molar-refractivity contribution is 0.666. The van der Waals surface area contributed by atoms with E-state index in [-0.39, 0.29) is 0 Å². The van der Waals surface area contributed by atoms with Crippen molar-refractivity contribution in [1.29, 1.82) is 0 Å². The lowest BCUT2D eigenvalue weighted by Gasteiger charge is -2.26. The fourth-order valence-corrected chi connectivity index (χ4v) is 2.65. The van der Waals surface area contributed by atoms with Crippen molar-refractivity contribution < 1.29 is 0 Å². The molecule has 0 spiro atoms. The molecule has 88 valence electrons. The Morgan fingerprint density at radius 3 is 2.81 bits per heavy atom. The van der Waals surface area contributed by atoms with Crippen LogP contribution in [0.3, 0.4) is 0 Å². The summed E-state index contributed by atoms with van der Waals surface area (Å²) < 4.78 is 0. The van der Waals surface area contributed by atoms with Gasteiger partial charge >= 0.3 is 0 Å². The molecule has 0 aromatic heterocycles. The Bertz CT molecular complexity index is 371. The molecule has 1 aliphatic heterocycles. The molecule has 2 heteroatoms. The van der Waals surface area contributed by atoms with Crippen LogP contribution in [0.2, 0.25) is 0 Å². The normalized spacial score (nSPS) is 19.3. The van der Waals surface area contributed by atoms with Crippen molar-refractivity contribution >= 4 is 5.69 Å². The van der Waals surface area contributed by atoms with Crippen LogP contribution in [0.4, 0.5) is 5.69 Å². The van der Waals surface area contributed by atoms with Gasteiger partial charge in [0.2, 0.25) is 0 Å². The van der Waals surface area contributed by atoms with Crippen molar-refractivity contribution in [1.82, 2.24) is 5.32 Å². The molecule has 0 amide bonds. The first-order chi connectivity index (χ1) is 7.65. The summed E-state index contributed by atoms with van der Waals surface area (Å²) in [4.78, 5) is 2.53. The Labute approximate surface area is 98.7 Å². The maximum Gasteiger partial charge on any atom is 0.0450 e. The van der Waals surface area contributed by atoms with E-state index in [2.05, 4.69) is 49.2 Å². The van der Waals surface area contributed by atoms with Gasteiger partial charge in [0.15, 0.2) is 0 Å². The molecule has 0 saturated carbocycles. The highest BCUT2D eigenvalue weighted by Gasteiger charge is 2.28. The van der Waals surface area contributed by atoms with Crippen molar-refractivity contribution in [2.24, 2.45) is 0 Å². The molecule has 0 fully saturated rings. The van der Waals surface area contributed by atoms with Gasteiger partial charge in [0.05, 0.1) is 0 Å². The molecule has 16 heavy (non-hydrogen) atoms. The molecule has 0 bridgehead atoms. The minimum absolute atomic E-state index is 0.585. The second-order valence-electron chi connectivity index (χ2n) is 5.03. The van der Waals surface area contributed by atoms with Gasteiger partial charge in [0, 0.05) is 30.7 Å². The first-order valence-electron chi connectivity index (χ1n) is 6.18. The minimum atomic E-state index is 0.585. The highest BCUT2D eigenvalue weighted by atomic mass is 15.2. The molecule has 0 aliphatic carbocycles. The number of para-hydroxylation sites is 1. The summed E-state index contributed by atoms with van der Waals surface area (Å²) in [5.74, 6) is 0.661. The molecule has 1 N–H and O–H groups in total. The van der Waals surface area contributed by atoms with Gasteiger partial charge in [-0.25, -0.2) is 0 Å². The minimum Gasteiger partial charge on any atom is -0.368 e. The van der Waals surface area contributed by atoms with Crippen LogP contribution in [-0.2, 0) is 6.54 Å². The predicted molar refractivity (Wildman–Crippen MR) is 70.1 cm³/mol. The van der Waals surface area contributed by atoms with Crippen LogP contribution in [-0.4, -0.2) is 19.6 Å². The first kappa shape index (κ1) is 11.5. The van der Waals surface area contributed by atoms with E-state index in [0.29, 0.717) is 12.0 Å². The molecular weight excluding hydrogens is 196 g/mol. The summed E-state index contributed by atoms with van der Waals surface area (Å²) in [5.41, 5.74) is 4.42. The Kier molecular flexibility index (Phi) is 3.20. The van der Waals surface area contributed by atoms with Crippen LogP contribution in [0.1, 0.15) is 37.8 Å². The standard InChI is InChI=1S/C14H22N2/c1-10(2)16-9-11(3)13-7-5-6-12(8-15-4)14(13)16/h5-7,10-11,15H,8-9H2,1-4H3. The van der Waals surface area contributed by atoms with E-state index in [1.165, 1.54) is 16.8 Å². The van der Waals surface area contributed by atoms with Crippen molar-refractivity contribution in [2.75, 3.05) is 18.5 Å². The topological polar surface area (TPSA) is 15.3 Å². The number of hydrogen-bond acceptors (Lipinski definition) is 2. The molecular formula is C14H22N2. The maximum atomic E-state index is 3.26. The van der Waals surface area contributed by atoms with Crippen molar-refractivity contribution in [3.8, 4) is 0 Å². The summed E-state index contributed by atoms with van der Waals surface area (Å²) in [6.45, 7) is 8.99. The van der Waals surface area contributed by atoms with Crippen LogP contribution in [0.15, 0.2) is 18.2 Å². The molecule has 1 aromatic carbocycles. The summed E-state index contributed by atoms with van der Waals surface area (Å²) in [6, 6.07) is 7.29. The molecule has 2 rings (SSSR count). The predicted octanol–water partition coefficient (Wildman–Crippen LogP) is 2.74. The van der Waals surface area contributed by atoms with Crippen molar-refractivity contribution in [3.63, 3.8) is 0 Å². The molecule has 0 saturated heterocycles. The quantitative estimate of drug-likeness (QED) is 0.839. The Morgan fingerprint density at radius 2 is 2.19 bits per heavy atom. The second-order valence-corrected chi connectivity index (χ2v) is 5.03. The Balaban J connectivity index is 2.45. The van der Waals surface area contributed by atoms with Crippen LogP contribution in [0, 0.1) is 0 Å². The van der Waals surface area contributed by atoms with Gasteiger partial charge in [-0.15, -0.1) is 0 Å². The Hall–Kier alpha value is -1.02. The smallest absolute Gasteiger partial charge is 0.0450 e. The highest BCUT2D eigenvalue weighted by molar-refractivity contribution is 5.65. The van der Waals surface area contributed by atoms with Crippen LogP contribution in [0.25, 0.3) is 0 Å². The van der Waals surface area contributed by atoms with E-state index in [9.17, 15) is 0 Å². The van der Waals surface area contributed by atoms with Gasteiger partial charge in [0.1, 0.15) is 0 Å². The second kappa shape index (κ2) is 4.46. The number of fused-ring (bicyclic) bond motifs is 1. The molecule has 1 atom stereocenters. The fraction of sp³-hybridized carbons (Fsp3) is 0.571. The third-order valence-electron chi connectivity index (χ3n) is 3.43. The van der Waals surface area contributed by atoms with Gasteiger partial charge in [-0.1, -0.05) is 25.1 Å². The largest absolute Gasteiger partial charge is 0.368 e. The van der Waals surface area contributed by atoms with E-state index in [0.717, 1.165) is 13.1 Å². The van der Waals surface area contributed by atoms with Crippen LogP contribution >= 0.6 is 0 Å². The number of nitrogens with zero attached hydrogens (tertiary/aromatic N) is 1. The fourth-order valence-electron chi connectivity index (χ4n) is 2.65. The van der Waals surface area contributed by atoms with Gasteiger partial charge in [0.25, 0.3) is 0 Å². The third kappa shape index (κ3) is 1.82. The highest BCUT2D eigenvalue weighted by Crippen LogP contribution is 2.39. The van der Waals surface area contributed by atoms with Crippen LogP contribution in [0.5, 0.6) is 0 Å².